The first-order valence-electron chi connectivity index (χ1n) is 6.47. The first kappa shape index (κ1) is 15.7. The largest absolute Gasteiger partial charge is 0.462 e. The summed E-state index contributed by atoms with van der Waals surface area (Å²) in [4.78, 5) is 13.7. The Balaban J connectivity index is 2.21. The maximum atomic E-state index is 11.9. The first-order chi connectivity index (χ1) is 10.0. The van der Waals surface area contributed by atoms with Crippen LogP contribution < -0.4 is 0 Å². The third-order valence-electron chi connectivity index (χ3n) is 2.96. The highest BCUT2D eigenvalue weighted by Gasteiger charge is 2.21. The van der Waals surface area contributed by atoms with Crippen LogP contribution in [0, 0.1) is 0 Å². The number of benzene rings is 1. The van der Waals surface area contributed by atoms with Crippen molar-refractivity contribution in [2.75, 3.05) is 6.61 Å². The number of hydrogen-bond donors (Lipinski definition) is 0. The summed E-state index contributed by atoms with van der Waals surface area (Å²) in [6, 6.07) is 7.45. The maximum absolute atomic E-state index is 11.9. The minimum atomic E-state index is -0.399. The molecule has 0 atom stereocenters. The smallest absolute Gasteiger partial charge is 0.340 e. The topological polar surface area (TPSA) is 29.5 Å². The summed E-state index contributed by atoms with van der Waals surface area (Å²) in [5.74, 6) is -0.399. The van der Waals surface area contributed by atoms with Gasteiger partial charge in [0.2, 0.25) is 0 Å². The second-order valence-corrected chi connectivity index (χ2v) is 5.33. The van der Waals surface area contributed by atoms with Gasteiger partial charge in [-0.25, -0.2) is 4.79 Å². The number of halogens is 2. The van der Waals surface area contributed by atoms with Gasteiger partial charge in [-0.2, -0.15) is 0 Å². The summed E-state index contributed by atoms with van der Waals surface area (Å²) < 4.78 is 5.02. The van der Waals surface area contributed by atoms with E-state index in [-0.39, 0.29) is 0 Å². The van der Waals surface area contributed by atoms with Crippen LogP contribution >= 0.6 is 23.2 Å². The molecule has 1 aliphatic rings. The molecule has 0 N–H and O–H groups in total. The Kier molecular flexibility index (Phi) is 5.10. The zero-order valence-corrected chi connectivity index (χ0v) is 13.1. The van der Waals surface area contributed by atoms with E-state index in [9.17, 15) is 4.79 Å². The maximum Gasteiger partial charge on any atom is 0.340 e. The molecule has 1 aromatic carbocycles. The molecule has 2 rings (SSSR count). The lowest BCUT2D eigenvalue weighted by Crippen LogP contribution is -2.21. The molecule has 110 valence electrons. The zero-order chi connectivity index (χ0) is 15.4. The molecule has 0 unspecified atom stereocenters. The summed E-state index contributed by atoms with van der Waals surface area (Å²) in [7, 11) is 0. The Hall–Kier alpha value is -1.71. The molecule has 0 aliphatic carbocycles. The summed E-state index contributed by atoms with van der Waals surface area (Å²) in [5.41, 5.74) is 1.99. The van der Waals surface area contributed by atoms with Gasteiger partial charge in [0.25, 0.3) is 0 Å². The molecule has 0 spiro atoms. The van der Waals surface area contributed by atoms with E-state index in [1.54, 1.807) is 24.1 Å². The van der Waals surface area contributed by atoms with Crippen LogP contribution in [-0.2, 0) is 16.1 Å². The molecule has 1 heterocycles. The Bertz CT molecular complexity index is 618. The molecule has 0 aromatic heterocycles. The standard InChI is InChI=1S/C16H15Cl2NO2/c1-3-21-16(20)14-10-19(15(18)8-11(14)2)9-12-4-6-13(17)7-5-12/h4-8,10H,2-3,9H2,1H3. The van der Waals surface area contributed by atoms with Crippen molar-refractivity contribution in [3.63, 3.8) is 0 Å². The molecule has 0 saturated heterocycles. The van der Waals surface area contributed by atoms with Crippen molar-refractivity contribution < 1.29 is 9.53 Å². The van der Waals surface area contributed by atoms with Gasteiger partial charge in [-0.15, -0.1) is 0 Å². The average molecular weight is 324 g/mol. The van der Waals surface area contributed by atoms with Gasteiger partial charge in [0.05, 0.1) is 12.2 Å². The quantitative estimate of drug-likeness (QED) is 0.613. The Labute approximate surface area is 134 Å². The van der Waals surface area contributed by atoms with E-state index in [0.29, 0.717) is 34.5 Å². The predicted molar refractivity (Wildman–Crippen MR) is 84.8 cm³/mol. The second kappa shape index (κ2) is 6.83. The number of nitrogens with zero attached hydrogens (tertiary/aromatic N) is 1. The van der Waals surface area contributed by atoms with Gasteiger partial charge in [0, 0.05) is 17.8 Å². The Morgan fingerprint density at radius 1 is 1.29 bits per heavy atom. The highest BCUT2D eigenvalue weighted by atomic mass is 35.5. The minimum Gasteiger partial charge on any atom is -0.462 e. The highest BCUT2D eigenvalue weighted by molar-refractivity contribution is 6.30. The van der Waals surface area contributed by atoms with Gasteiger partial charge in [-0.05, 0) is 36.3 Å². The molecule has 5 heteroatoms. The molecular weight excluding hydrogens is 309 g/mol. The number of rotatable bonds is 4. The number of ether oxygens (including phenoxy) is 1. The molecule has 0 amide bonds. The van der Waals surface area contributed by atoms with Crippen molar-refractivity contribution in [2.24, 2.45) is 0 Å². The van der Waals surface area contributed by atoms with Crippen LogP contribution in [-0.4, -0.2) is 17.5 Å². The number of esters is 1. The number of allylic oxidation sites excluding steroid dienone is 1. The van der Waals surface area contributed by atoms with Gasteiger partial charge in [-0.3, -0.25) is 0 Å². The van der Waals surface area contributed by atoms with E-state index < -0.39 is 5.97 Å². The molecule has 21 heavy (non-hydrogen) atoms. The van der Waals surface area contributed by atoms with E-state index in [0.717, 1.165) is 5.56 Å². The minimum absolute atomic E-state index is 0.318. The van der Waals surface area contributed by atoms with Crippen molar-refractivity contribution in [3.05, 3.63) is 70.0 Å². The second-order valence-electron chi connectivity index (χ2n) is 4.51. The van der Waals surface area contributed by atoms with E-state index in [4.69, 9.17) is 27.9 Å². The lowest BCUT2D eigenvalue weighted by molar-refractivity contribution is -0.138. The Morgan fingerprint density at radius 3 is 2.57 bits per heavy atom. The molecule has 0 fully saturated rings. The summed E-state index contributed by atoms with van der Waals surface area (Å²) in [5, 5.41) is 1.18. The normalized spacial score (nSPS) is 14.6. The van der Waals surface area contributed by atoms with Crippen molar-refractivity contribution in [3.8, 4) is 0 Å². The van der Waals surface area contributed by atoms with Crippen LogP contribution in [0.3, 0.4) is 0 Å². The molecule has 0 bridgehead atoms. The van der Waals surface area contributed by atoms with Gasteiger partial charge < -0.3 is 9.64 Å². The van der Waals surface area contributed by atoms with Crippen molar-refractivity contribution in [2.45, 2.75) is 13.5 Å². The van der Waals surface area contributed by atoms with Crippen LogP contribution in [0.5, 0.6) is 0 Å². The molecule has 1 aromatic rings. The lowest BCUT2D eigenvalue weighted by Gasteiger charge is -2.25. The summed E-state index contributed by atoms with van der Waals surface area (Å²) >= 11 is 12.1. The highest BCUT2D eigenvalue weighted by Crippen LogP contribution is 2.27. The molecule has 1 aliphatic heterocycles. The van der Waals surface area contributed by atoms with Crippen LogP contribution in [0.4, 0.5) is 0 Å². The third kappa shape index (κ3) is 3.90. The molecular formula is C16H15Cl2NO2. The van der Waals surface area contributed by atoms with E-state index in [2.05, 4.69) is 6.58 Å². The Morgan fingerprint density at radius 2 is 1.95 bits per heavy atom. The molecule has 3 nitrogen and oxygen atoms in total. The van der Waals surface area contributed by atoms with Gasteiger partial charge >= 0.3 is 5.97 Å². The average Bonchev–Trinajstić information content (AvgIpc) is 2.44. The zero-order valence-electron chi connectivity index (χ0n) is 11.6. The van der Waals surface area contributed by atoms with Crippen molar-refractivity contribution in [1.82, 2.24) is 4.90 Å². The molecule has 0 radical (unpaired) electrons. The van der Waals surface area contributed by atoms with Crippen LogP contribution in [0.15, 0.2) is 59.4 Å². The van der Waals surface area contributed by atoms with Crippen LogP contribution in [0.1, 0.15) is 12.5 Å². The van der Waals surface area contributed by atoms with E-state index >= 15 is 0 Å². The summed E-state index contributed by atoms with van der Waals surface area (Å²) in [6.45, 7) is 6.44. The van der Waals surface area contributed by atoms with Crippen molar-refractivity contribution in [1.29, 1.82) is 0 Å². The fourth-order valence-electron chi connectivity index (χ4n) is 1.91. The van der Waals surface area contributed by atoms with Gasteiger partial charge in [0.1, 0.15) is 5.16 Å². The SMILES string of the molecule is C=C1C=C(Cl)N(Cc2ccc(Cl)cc2)C=C1C(=O)OCC. The molecule has 0 saturated carbocycles. The van der Waals surface area contributed by atoms with Crippen LogP contribution in [0.2, 0.25) is 5.02 Å². The lowest BCUT2D eigenvalue weighted by atomic mass is 10.1. The first-order valence-corrected chi connectivity index (χ1v) is 7.23. The van der Waals surface area contributed by atoms with Crippen molar-refractivity contribution >= 4 is 29.2 Å². The number of carbonyl (C=O) groups excluding carboxylic acids is 1. The predicted octanol–water partition coefficient (Wildman–Crippen LogP) is 4.24. The fraction of sp³-hybridized carbons (Fsp3) is 0.188. The van der Waals surface area contributed by atoms with E-state index in [1.807, 2.05) is 24.3 Å². The van der Waals surface area contributed by atoms with Crippen LogP contribution in [0.25, 0.3) is 0 Å². The van der Waals surface area contributed by atoms with Gasteiger partial charge in [-0.1, -0.05) is 41.9 Å². The monoisotopic (exact) mass is 323 g/mol. The third-order valence-corrected chi connectivity index (χ3v) is 3.54. The fourth-order valence-corrected chi connectivity index (χ4v) is 2.27. The van der Waals surface area contributed by atoms with Gasteiger partial charge in [0.15, 0.2) is 0 Å². The number of carbonyl (C=O) groups is 1. The van der Waals surface area contributed by atoms with E-state index in [1.165, 1.54) is 0 Å². The summed E-state index contributed by atoms with van der Waals surface area (Å²) in [6.07, 6.45) is 3.32. The number of hydrogen-bond acceptors (Lipinski definition) is 3.